The second-order valence-electron chi connectivity index (χ2n) is 7.87. The number of unbranched alkanes of at least 4 members (excludes halogenated alkanes) is 2. The van der Waals surface area contributed by atoms with Crippen molar-refractivity contribution in [2.75, 3.05) is 18.1 Å². The number of amidine groups is 1. The predicted molar refractivity (Wildman–Crippen MR) is 133 cm³/mol. The number of nitrogens with zero attached hydrogens (tertiary/aromatic N) is 3. The highest BCUT2D eigenvalue weighted by molar-refractivity contribution is 9.10. The van der Waals surface area contributed by atoms with E-state index in [1.165, 1.54) is 0 Å². The molecule has 0 saturated heterocycles. The van der Waals surface area contributed by atoms with Gasteiger partial charge in [0.15, 0.2) is 4.20 Å². The number of halogens is 1. The standard InChI is InChI=1S/C23H29BrN4OS2/c1-4-7-11-30-23(31-12-8-5-2)22(15-26)19(21(22,14-25)20(27)28-23)17-13-16(24)9-10-18(17)29-6-3/h9-10,13,19H,4-8,11-12H2,1-3H3,(H2,27,28). The molecule has 8 heteroatoms. The van der Waals surface area contributed by atoms with Crippen molar-refractivity contribution >= 4 is 45.3 Å². The van der Waals surface area contributed by atoms with Gasteiger partial charge in [-0.1, -0.05) is 42.6 Å². The van der Waals surface area contributed by atoms with Crippen molar-refractivity contribution in [1.29, 1.82) is 10.5 Å². The first-order valence-electron chi connectivity index (χ1n) is 10.8. The van der Waals surface area contributed by atoms with Gasteiger partial charge >= 0.3 is 0 Å². The summed E-state index contributed by atoms with van der Waals surface area (Å²) in [5.74, 6) is 2.36. The molecule has 31 heavy (non-hydrogen) atoms. The summed E-state index contributed by atoms with van der Waals surface area (Å²) in [5, 5.41) is 21.0. The minimum absolute atomic E-state index is 0.289. The molecule has 1 fully saturated rings. The lowest BCUT2D eigenvalue weighted by atomic mass is 9.97. The van der Waals surface area contributed by atoms with Crippen molar-refractivity contribution in [2.24, 2.45) is 21.6 Å². The molecule has 0 amide bonds. The van der Waals surface area contributed by atoms with Gasteiger partial charge in [-0.15, -0.1) is 23.5 Å². The van der Waals surface area contributed by atoms with E-state index in [0.29, 0.717) is 12.4 Å². The molecule has 0 bridgehead atoms. The van der Waals surface area contributed by atoms with Gasteiger partial charge in [0.25, 0.3) is 0 Å². The summed E-state index contributed by atoms with van der Waals surface area (Å²) >= 11 is 6.93. The average molecular weight is 522 g/mol. The minimum Gasteiger partial charge on any atom is -0.494 e. The molecule has 0 aromatic heterocycles. The lowest BCUT2D eigenvalue weighted by molar-refractivity contribution is 0.335. The number of aliphatic imine (C=N–C) groups is 1. The highest BCUT2D eigenvalue weighted by Crippen LogP contribution is 2.86. The van der Waals surface area contributed by atoms with E-state index in [1.807, 2.05) is 25.1 Å². The summed E-state index contributed by atoms with van der Waals surface area (Å²) in [6.45, 7) is 6.74. The molecule has 3 rings (SSSR count). The van der Waals surface area contributed by atoms with Gasteiger partial charge < -0.3 is 10.5 Å². The number of hydrogen-bond donors (Lipinski definition) is 1. The van der Waals surface area contributed by atoms with Crippen molar-refractivity contribution in [3.8, 4) is 17.9 Å². The molecule has 1 aromatic carbocycles. The first kappa shape index (κ1) is 24.3. The Balaban J connectivity index is 2.16. The molecule has 3 unspecified atom stereocenters. The molecule has 1 aliphatic heterocycles. The molecule has 0 radical (unpaired) electrons. The number of nitriles is 2. The number of hydrogen-bond acceptors (Lipinski definition) is 7. The van der Waals surface area contributed by atoms with Crippen LogP contribution in [0.2, 0.25) is 0 Å². The number of rotatable bonds is 11. The highest BCUT2D eigenvalue weighted by Gasteiger charge is 2.92. The largest absolute Gasteiger partial charge is 0.494 e. The van der Waals surface area contributed by atoms with Crippen LogP contribution in [0.4, 0.5) is 0 Å². The molecule has 166 valence electrons. The zero-order valence-electron chi connectivity index (χ0n) is 18.3. The van der Waals surface area contributed by atoms with E-state index in [0.717, 1.165) is 47.2 Å². The molecule has 1 aliphatic carbocycles. The Kier molecular flexibility index (Phi) is 7.56. The lowest BCUT2D eigenvalue weighted by Crippen LogP contribution is -2.32. The molecule has 5 nitrogen and oxygen atoms in total. The van der Waals surface area contributed by atoms with Gasteiger partial charge in [-0.2, -0.15) is 10.5 Å². The first-order chi connectivity index (χ1) is 14.9. The minimum atomic E-state index is -1.13. The van der Waals surface area contributed by atoms with Crippen LogP contribution in [0.1, 0.15) is 57.9 Å². The van der Waals surface area contributed by atoms with Gasteiger partial charge in [0.2, 0.25) is 0 Å². The fraction of sp³-hybridized carbons (Fsp3) is 0.609. The quantitative estimate of drug-likeness (QED) is 0.281. The molecule has 2 N–H and O–H groups in total. The first-order valence-corrected chi connectivity index (χ1v) is 13.6. The van der Waals surface area contributed by atoms with Gasteiger partial charge in [0.1, 0.15) is 22.4 Å². The second kappa shape index (κ2) is 9.65. The van der Waals surface area contributed by atoms with Gasteiger partial charge in [-0.25, -0.2) is 4.99 Å². The SMILES string of the molecule is CCCCSC1(SCCCC)N=C(N)C2(C#N)C(c3cc(Br)ccc3OCC)C12C#N. The maximum atomic E-state index is 10.6. The third-order valence-corrected chi connectivity index (χ3v) is 9.90. The highest BCUT2D eigenvalue weighted by atomic mass is 79.9. The van der Waals surface area contributed by atoms with Crippen LogP contribution in [0, 0.1) is 33.5 Å². The Labute approximate surface area is 202 Å². The van der Waals surface area contributed by atoms with Crippen LogP contribution >= 0.6 is 39.5 Å². The summed E-state index contributed by atoms with van der Waals surface area (Å²) in [5.41, 5.74) is 5.19. The van der Waals surface area contributed by atoms with Crippen molar-refractivity contribution in [2.45, 2.75) is 56.6 Å². The molecule has 1 heterocycles. The molecular weight excluding hydrogens is 492 g/mol. The number of thioether (sulfide) groups is 2. The number of fused-ring (bicyclic) bond motifs is 1. The van der Waals surface area contributed by atoms with Crippen LogP contribution in [0.5, 0.6) is 5.75 Å². The molecule has 1 saturated carbocycles. The summed E-state index contributed by atoms with van der Waals surface area (Å²) in [7, 11) is 0. The Hall–Kier alpha value is -1.35. The third-order valence-electron chi connectivity index (χ3n) is 6.10. The summed E-state index contributed by atoms with van der Waals surface area (Å²) in [6.07, 6.45) is 4.19. The zero-order valence-corrected chi connectivity index (χ0v) is 21.5. The fourth-order valence-electron chi connectivity index (χ4n) is 4.57. The molecular formula is C23H29BrN4OS2. The molecule has 1 aromatic rings. The van der Waals surface area contributed by atoms with E-state index >= 15 is 0 Å². The van der Waals surface area contributed by atoms with E-state index in [-0.39, 0.29) is 11.8 Å². The monoisotopic (exact) mass is 520 g/mol. The van der Waals surface area contributed by atoms with Gasteiger partial charge in [-0.3, -0.25) is 0 Å². The average Bonchev–Trinajstić information content (AvgIpc) is 3.33. The Morgan fingerprint density at radius 2 is 1.77 bits per heavy atom. The van der Waals surface area contributed by atoms with E-state index in [4.69, 9.17) is 15.5 Å². The third kappa shape index (κ3) is 3.56. The maximum Gasteiger partial charge on any atom is 0.175 e. The number of ether oxygens (including phenoxy) is 1. The lowest BCUT2D eigenvalue weighted by Gasteiger charge is -2.32. The van der Waals surface area contributed by atoms with E-state index < -0.39 is 15.0 Å². The van der Waals surface area contributed by atoms with Crippen LogP contribution in [-0.2, 0) is 0 Å². The Morgan fingerprint density at radius 1 is 1.13 bits per heavy atom. The number of benzene rings is 1. The van der Waals surface area contributed by atoms with Crippen LogP contribution in [0.3, 0.4) is 0 Å². The molecule has 3 atom stereocenters. The fourth-order valence-corrected chi connectivity index (χ4v) is 8.63. The van der Waals surface area contributed by atoms with Gasteiger partial charge in [0, 0.05) is 16.0 Å². The molecule has 2 aliphatic rings. The van der Waals surface area contributed by atoms with E-state index in [2.05, 4.69) is 41.9 Å². The van der Waals surface area contributed by atoms with Crippen LogP contribution in [0.15, 0.2) is 27.7 Å². The van der Waals surface area contributed by atoms with Crippen molar-refractivity contribution < 1.29 is 4.74 Å². The van der Waals surface area contributed by atoms with E-state index in [9.17, 15) is 10.5 Å². The van der Waals surface area contributed by atoms with Gasteiger partial charge in [-0.05, 0) is 49.5 Å². The van der Waals surface area contributed by atoms with Crippen molar-refractivity contribution in [1.82, 2.24) is 0 Å². The van der Waals surface area contributed by atoms with Crippen molar-refractivity contribution in [3.05, 3.63) is 28.2 Å². The Morgan fingerprint density at radius 3 is 2.29 bits per heavy atom. The second-order valence-corrected chi connectivity index (χ2v) is 11.6. The smallest absolute Gasteiger partial charge is 0.175 e. The van der Waals surface area contributed by atoms with Crippen LogP contribution in [0.25, 0.3) is 0 Å². The van der Waals surface area contributed by atoms with Crippen LogP contribution < -0.4 is 10.5 Å². The number of nitrogens with two attached hydrogens (primary N) is 1. The summed E-state index contributed by atoms with van der Waals surface area (Å²) < 4.78 is 6.00. The topological polar surface area (TPSA) is 95.2 Å². The summed E-state index contributed by atoms with van der Waals surface area (Å²) in [4.78, 5) is 4.88. The van der Waals surface area contributed by atoms with Crippen LogP contribution in [-0.4, -0.2) is 28.2 Å². The Bertz CT molecular complexity index is 930. The van der Waals surface area contributed by atoms with Gasteiger partial charge in [0.05, 0.1) is 18.7 Å². The maximum absolute atomic E-state index is 10.6. The molecule has 0 spiro atoms. The van der Waals surface area contributed by atoms with E-state index in [1.54, 1.807) is 23.5 Å². The predicted octanol–water partition coefficient (Wildman–Crippen LogP) is 6.06. The normalized spacial score (nSPS) is 27.7. The zero-order chi connectivity index (χ0) is 22.7. The summed E-state index contributed by atoms with van der Waals surface area (Å²) in [6, 6.07) is 10.8. The van der Waals surface area contributed by atoms with Crippen molar-refractivity contribution in [3.63, 3.8) is 0 Å².